The smallest absolute Gasteiger partial charge is 0.326 e. The van der Waals surface area contributed by atoms with E-state index in [-0.39, 0.29) is 138 Å². The first kappa shape index (κ1) is 88.2. The van der Waals surface area contributed by atoms with E-state index in [4.69, 9.17) is 78.8 Å². The molecule has 2 unspecified atom stereocenters. The van der Waals surface area contributed by atoms with Gasteiger partial charge in [-0.25, -0.2) is 14.8 Å². The Morgan fingerprint density at radius 1 is 0.808 bits per heavy atom. The summed E-state index contributed by atoms with van der Waals surface area (Å²) >= 11 is 1.46. The average Bonchev–Trinajstić information content (AvgIpc) is 0.964. The predicted octanol–water partition coefficient (Wildman–Crippen LogP) is 5.56. The number of hydrogen-bond acceptors (Lipinski definition) is 34. The molecule has 8 heterocycles. The van der Waals surface area contributed by atoms with Crippen LogP contribution in [0.15, 0.2) is 90.4 Å². The number of carbonyl (C=O) groups excluding carboxylic acids is 5. The van der Waals surface area contributed by atoms with E-state index in [1.54, 1.807) is 55.6 Å². The highest BCUT2D eigenvalue weighted by Crippen LogP contribution is 2.58. The number of Topliss-reactive ketones (excluding diaryl/α,β-unsaturated/α-hetero) is 1. The minimum atomic E-state index is -2.00. The second-order valence-corrected chi connectivity index (χ2v) is 30.6. The number of aromatic hydroxyl groups is 3. The van der Waals surface area contributed by atoms with Gasteiger partial charge in [0.25, 0.3) is 5.91 Å². The lowest BCUT2D eigenvalue weighted by atomic mass is 9.66. The van der Waals surface area contributed by atoms with E-state index in [9.17, 15) is 74.4 Å². The maximum atomic E-state index is 13.6. The number of nitrogen functional groups attached to an aromatic ring is 1. The number of carboxylic acid groups (broad SMARTS) is 2. The molecule has 16 rings (SSSR count). The number of phenols is 3. The molecule has 640 valence electrons. The van der Waals surface area contributed by atoms with Gasteiger partial charge in [0.1, 0.15) is 64.6 Å². The molecule has 120 heavy (non-hydrogen) atoms. The number of cyclic esters (lactones) is 1. The number of phenolic OH excluding ortho intramolecular Hbond substituents is 3. The van der Waals surface area contributed by atoms with Gasteiger partial charge in [-0.15, -0.1) is 23.7 Å². The summed E-state index contributed by atoms with van der Waals surface area (Å²) in [4.78, 5) is 104. The Balaban J connectivity index is 0.000000166. The van der Waals surface area contributed by atoms with E-state index in [2.05, 4.69) is 25.3 Å². The standard InChI is InChI=1S/C32H32O13S.C27H29NO10.C22H25N7O5.ClH.H3N/c1-37-19-6-13(7-20(38-2)25(19)33)23-14-8-17-18(42-12-41-17)9-15(14)28(16-10-39-30(36)24(16)23)44-32-27(35)26(34)29-21(43-32)11-40-31(45-29)22-4-3-5-46-22;1-10-22(30)14(28)7-17(37-10)38-16-9-27(35,11(2)29)8-13-19(16)26(34)21-20(24(13)32)23(31)12-5-4-6-15(36-3)18(12)25(21)33;1-2-11(9-14-10-25-19-17(26-14)18(23)28-22(24)29-19)12-3-5-13(6-4-12)20(32)27-15(21(33)34)7-8-16(30)31;;/h3-9,16,21,23-24,26-29,31-35H,10-12H2,1-2H3;4-6,10,14,16-17,22,30,32,34-35H,7-9,28H2,1-3H3;3-6,10-11,15H,2,7-9H2,1H3,(H,27,32)(H,30,31)(H,33,34)(H4,23,24,25,28,29);1H;1H3/t16-,21+,23+,24-,26+,27+,28+,29+,31?,32-;10-,14-,16-,17-,22+,27-;11?,15-;;/m000../s1. The minimum Gasteiger partial charge on any atom is -0.507 e. The van der Waals surface area contributed by atoms with Crippen molar-refractivity contribution >= 4 is 81.9 Å². The fourth-order valence-corrected chi connectivity index (χ4v) is 17.1. The first-order chi connectivity index (χ1) is 56.4. The van der Waals surface area contributed by atoms with Gasteiger partial charge in [0.2, 0.25) is 23.9 Å². The van der Waals surface area contributed by atoms with E-state index < -0.39 is 173 Å². The number of ether oxygens (including phenoxy) is 12. The predicted molar refractivity (Wildman–Crippen MR) is 419 cm³/mol. The van der Waals surface area contributed by atoms with Gasteiger partial charge in [0, 0.05) is 65.8 Å². The van der Waals surface area contributed by atoms with E-state index in [0.717, 1.165) is 16.9 Å². The molecular weight excluding hydrogens is 1610 g/mol. The molecular formula is C81H90ClN9O28S. The number of methoxy groups -OCH3 is 3. The number of aliphatic carboxylic acids is 2. The normalized spacial score (nSPS) is 26.4. The van der Waals surface area contributed by atoms with Crippen LogP contribution in [0.2, 0.25) is 0 Å². The average molecular weight is 1710 g/mol. The number of nitrogens with zero attached hydrogens (tertiary/aromatic N) is 3. The zero-order chi connectivity index (χ0) is 84.2. The summed E-state index contributed by atoms with van der Waals surface area (Å²) in [5.41, 5.74) is 13.4. The number of ketones is 3. The van der Waals surface area contributed by atoms with Crippen molar-refractivity contribution in [3.05, 3.63) is 168 Å². The molecule has 18 atom stereocenters. The Bertz CT molecular complexity index is 5280. The van der Waals surface area contributed by atoms with Crippen molar-refractivity contribution in [1.29, 1.82) is 5.41 Å². The summed E-state index contributed by atoms with van der Waals surface area (Å²) in [5.74, 6) is -6.99. The van der Waals surface area contributed by atoms with Gasteiger partial charge >= 0.3 is 17.9 Å². The number of benzene rings is 5. The van der Waals surface area contributed by atoms with Crippen molar-refractivity contribution in [3.63, 3.8) is 0 Å². The summed E-state index contributed by atoms with van der Waals surface area (Å²) in [6.07, 6.45) is -9.33. The van der Waals surface area contributed by atoms with Crippen LogP contribution in [0.4, 0.5) is 5.82 Å². The molecule has 1 amide bonds. The van der Waals surface area contributed by atoms with E-state index in [1.165, 1.54) is 57.8 Å². The molecule has 0 radical (unpaired) electrons. The van der Waals surface area contributed by atoms with Crippen LogP contribution in [-0.4, -0.2) is 215 Å². The Kier molecular flexibility index (Phi) is 26.5. The van der Waals surface area contributed by atoms with Crippen LogP contribution in [0.1, 0.15) is 169 Å². The van der Waals surface area contributed by atoms with Gasteiger partial charge in [-0.05, 0) is 115 Å². The van der Waals surface area contributed by atoms with Gasteiger partial charge in [-0.3, -0.25) is 34.2 Å². The molecule has 0 bridgehead atoms. The number of aromatic amines is 1. The van der Waals surface area contributed by atoms with Crippen molar-refractivity contribution in [2.75, 3.05) is 47.1 Å². The highest BCUT2D eigenvalue weighted by molar-refractivity contribution is 7.10. The minimum absolute atomic E-state index is 0. The number of thiophene rings is 1. The lowest BCUT2D eigenvalue weighted by Gasteiger charge is -2.48. The molecule has 39 heteroatoms. The Labute approximate surface area is 693 Å². The molecule has 8 aliphatic rings. The number of esters is 1. The van der Waals surface area contributed by atoms with Crippen molar-refractivity contribution in [1.82, 2.24) is 31.4 Å². The van der Waals surface area contributed by atoms with Crippen LogP contribution in [0.5, 0.6) is 46.0 Å². The van der Waals surface area contributed by atoms with Crippen LogP contribution in [0, 0.1) is 17.2 Å². The number of anilines is 1. The quantitative estimate of drug-likeness (QED) is 0.0328. The molecule has 5 aliphatic heterocycles. The highest BCUT2D eigenvalue weighted by Gasteiger charge is 2.57. The summed E-state index contributed by atoms with van der Waals surface area (Å²) in [6, 6.07) is 19.9. The number of nitrogens with two attached hydrogens (primary N) is 2. The number of carboxylic acids is 2. The van der Waals surface area contributed by atoms with Crippen LogP contribution in [0.3, 0.4) is 0 Å². The first-order valence-corrected chi connectivity index (χ1v) is 38.6. The third-order valence-corrected chi connectivity index (χ3v) is 23.4. The molecule has 37 nitrogen and oxygen atoms in total. The number of carbonyl (C=O) groups is 7. The number of aliphatic hydroxyl groups excluding tert-OH is 3. The van der Waals surface area contributed by atoms with Crippen molar-refractivity contribution in [2.45, 2.75) is 163 Å². The topological polar surface area (TPSA) is 590 Å². The fraction of sp³-hybridized carbons (Fsp3) is 0.420. The number of rotatable bonds is 20. The van der Waals surface area contributed by atoms with E-state index >= 15 is 0 Å². The van der Waals surface area contributed by atoms with Crippen molar-refractivity contribution in [2.24, 2.45) is 17.6 Å². The van der Waals surface area contributed by atoms with Crippen LogP contribution < -0.4 is 52.2 Å². The molecule has 8 aromatic rings. The largest absolute Gasteiger partial charge is 0.507 e. The second-order valence-electron chi connectivity index (χ2n) is 29.7. The highest BCUT2D eigenvalue weighted by atomic mass is 35.5. The molecule has 4 saturated heterocycles. The maximum Gasteiger partial charge on any atom is 0.326 e. The summed E-state index contributed by atoms with van der Waals surface area (Å²) in [5, 5.41) is 107. The van der Waals surface area contributed by atoms with Crippen LogP contribution >= 0.6 is 23.7 Å². The number of hydrogen-bond donors (Lipinski definition) is 15. The number of halogens is 1. The van der Waals surface area contributed by atoms with Crippen LogP contribution in [0.25, 0.3) is 11.2 Å². The Morgan fingerprint density at radius 2 is 1.50 bits per heavy atom. The number of fused-ring (bicyclic) bond motifs is 8. The van der Waals surface area contributed by atoms with Gasteiger partial charge in [0.15, 0.2) is 59.1 Å². The zero-order valence-electron chi connectivity index (χ0n) is 65.3. The fourth-order valence-electron chi connectivity index (χ4n) is 16.4. The maximum absolute atomic E-state index is 13.6. The van der Waals surface area contributed by atoms with Gasteiger partial charge in [0.05, 0.1) is 98.3 Å². The Hall–Kier alpha value is -11.1. The third kappa shape index (κ3) is 17.0. The van der Waals surface area contributed by atoms with E-state index in [1.807, 2.05) is 30.5 Å². The molecule has 0 spiro atoms. The van der Waals surface area contributed by atoms with Crippen molar-refractivity contribution < 1.29 is 136 Å². The zero-order valence-corrected chi connectivity index (χ0v) is 67.0. The summed E-state index contributed by atoms with van der Waals surface area (Å²) in [7, 11) is 4.20. The van der Waals surface area contributed by atoms with Gasteiger partial charge in [-0.2, -0.15) is 4.98 Å². The molecule has 3 aromatic heterocycles. The number of nitrogens with one attached hydrogen (secondary N) is 3. The van der Waals surface area contributed by atoms with Crippen molar-refractivity contribution in [3.8, 4) is 46.0 Å². The Morgan fingerprint density at radius 3 is 2.14 bits per heavy atom. The summed E-state index contributed by atoms with van der Waals surface area (Å²) in [6.45, 7) is 4.98. The third-order valence-electron chi connectivity index (χ3n) is 22.5. The monoisotopic (exact) mass is 1700 g/mol. The lowest BCUT2D eigenvalue weighted by molar-refractivity contribution is -0.368. The molecule has 5 aromatic carbocycles. The lowest BCUT2D eigenvalue weighted by Crippen LogP contribution is -2.62. The van der Waals surface area contributed by atoms with Gasteiger partial charge in [-0.1, -0.05) is 37.3 Å². The van der Waals surface area contributed by atoms with Gasteiger partial charge < -0.3 is 131 Å². The van der Waals surface area contributed by atoms with Crippen LogP contribution in [-0.2, 0) is 65.2 Å². The first-order valence-electron chi connectivity index (χ1n) is 37.7. The van der Waals surface area contributed by atoms with E-state index in [0.29, 0.717) is 45.8 Å². The molecule has 0 saturated carbocycles. The molecule has 4 fully saturated rings. The number of amides is 1. The number of aromatic nitrogens is 4. The SMILES string of the molecule is CCC(Cc1cnc2nc(=N)[nH]c(N)c2n1)c1ccc(C(=O)N[C@@H](CCC(=O)O)C(=O)O)cc1.COc1cc([C@@H]2c3cc4c(cc3[C@@H](O[C@@H]3O[C@@H]5COC(c6cccs6)O[C@H]5[C@H](O)[C@H]3O)[C@H]3COC(=O)[C@H]23)OCO4)cc(OC)c1O.COc1cccc2c1C(=O)c1c(O)c3c(c(O)c1C2=O)C[C@@](O)(C(C)=O)C[C@@H]3O[C@H]1C[C@H](N)[C@H](O)[C@H](C)O1.Cl.N. The number of H-pyrrole nitrogens is 1. The molecule has 3 aliphatic carbocycles. The number of aliphatic hydroxyl groups is 4. The summed E-state index contributed by atoms with van der Waals surface area (Å²) < 4.78 is 69.6. The molecule has 19 N–H and O–H groups in total. The second kappa shape index (κ2) is 36.1.